The van der Waals surface area contributed by atoms with Gasteiger partial charge in [-0.25, -0.2) is 4.79 Å². The first-order valence-corrected chi connectivity index (χ1v) is 13.0. The SMILES string of the molecule is CC(C)(C)[C@H](CC(=O)OC1CCCC1)C(=O)N1C[C@H](Oc2ccnc(-c3ccccc3)c2)C[C@H]1C(=O)O. The largest absolute Gasteiger partial charge is 0.488 e. The topological polar surface area (TPSA) is 106 Å². The van der Waals surface area contributed by atoms with E-state index < -0.39 is 35.4 Å². The second-order valence-corrected chi connectivity index (χ2v) is 11.1. The summed E-state index contributed by atoms with van der Waals surface area (Å²) in [6, 6.07) is 12.2. The molecule has 198 valence electrons. The Morgan fingerprint density at radius 3 is 2.43 bits per heavy atom. The molecule has 1 aliphatic heterocycles. The van der Waals surface area contributed by atoms with Gasteiger partial charge in [-0.3, -0.25) is 14.6 Å². The summed E-state index contributed by atoms with van der Waals surface area (Å²) in [4.78, 5) is 44.3. The first-order valence-electron chi connectivity index (χ1n) is 13.0. The number of likely N-dealkylation sites (tertiary alicyclic amines) is 1. The fourth-order valence-electron chi connectivity index (χ4n) is 5.18. The summed E-state index contributed by atoms with van der Waals surface area (Å²) in [5.41, 5.74) is 1.13. The number of aromatic nitrogens is 1. The van der Waals surface area contributed by atoms with Crippen LogP contribution in [0.5, 0.6) is 5.75 Å². The van der Waals surface area contributed by atoms with E-state index in [1.165, 1.54) is 4.90 Å². The third kappa shape index (κ3) is 6.67. The highest BCUT2D eigenvalue weighted by molar-refractivity contribution is 5.88. The smallest absolute Gasteiger partial charge is 0.326 e. The van der Waals surface area contributed by atoms with Crippen molar-refractivity contribution < 1.29 is 29.0 Å². The van der Waals surface area contributed by atoms with E-state index in [2.05, 4.69) is 4.98 Å². The number of rotatable bonds is 8. The van der Waals surface area contributed by atoms with Crippen molar-refractivity contribution in [2.45, 2.75) is 77.5 Å². The van der Waals surface area contributed by atoms with Crippen LogP contribution in [0.15, 0.2) is 48.7 Å². The molecule has 0 spiro atoms. The van der Waals surface area contributed by atoms with Gasteiger partial charge in [0.05, 0.1) is 24.6 Å². The van der Waals surface area contributed by atoms with Crippen LogP contribution in [0.4, 0.5) is 0 Å². The molecule has 2 aliphatic rings. The summed E-state index contributed by atoms with van der Waals surface area (Å²) in [5, 5.41) is 9.91. The average molecular weight is 509 g/mol. The van der Waals surface area contributed by atoms with Crippen LogP contribution in [0.25, 0.3) is 11.3 Å². The van der Waals surface area contributed by atoms with Crippen LogP contribution >= 0.6 is 0 Å². The van der Waals surface area contributed by atoms with Crippen LogP contribution < -0.4 is 4.74 Å². The molecule has 0 radical (unpaired) electrons. The Bertz CT molecular complexity index is 1110. The maximum atomic E-state index is 13.7. The van der Waals surface area contributed by atoms with Crippen LogP contribution in [-0.4, -0.2) is 57.6 Å². The molecule has 2 fully saturated rings. The molecule has 0 unspecified atom stereocenters. The third-order valence-corrected chi connectivity index (χ3v) is 7.25. The van der Waals surface area contributed by atoms with Crippen LogP contribution in [0, 0.1) is 11.3 Å². The van der Waals surface area contributed by atoms with Gasteiger partial charge in [0, 0.05) is 24.2 Å². The first kappa shape index (κ1) is 26.6. The summed E-state index contributed by atoms with van der Waals surface area (Å²) in [6.45, 7) is 5.80. The number of pyridine rings is 1. The molecule has 37 heavy (non-hydrogen) atoms. The van der Waals surface area contributed by atoms with Gasteiger partial charge in [0.1, 0.15) is 24.0 Å². The van der Waals surface area contributed by atoms with Crippen molar-refractivity contribution in [1.82, 2.24) is 9.88 Å². The molecular formula is C29H36N2O6. The number of carboxylic acid groups (broad SMARTS) is 1. The Hall–Kier alpha value is -3.42. The molecule has 1 aliphatic carbocycles. The zero-order chi connectivity index (χ0) is 26.6. The number of hydrogen-bond acceptors (Lipinski definition) is 6. The maximum Gasteiger partial charge on any atom is 0.326 e. The molecule has 1 aromatic heterocycles. The highest BCUT2D eigenvalue weighted by atomic mass is 16.5. The number of ether oxygens (including phenoxy) is 2. The third-order valence-electron chi connectivity index (χ3n) is 7.25. The van der Waals surface area contributed by atoms with Gasteiger partial charge in [-0.1, -0.05) is 51.1 Å². The van der Waals surface area contributed by atoms with Gasteiger partial charge < -0.3 is 19.5 Å². The van der Waals surface area contributed by atoms with Crippen molar-refractivity contribution >= 4 is 17.8 Å². The number of carbonyl (C=O) groups is 3. The molecule has 2 heterocycles. The van der Waals surface area contributed by atoms with E-state index in [9.17, 15) is 19.5 Å². The van der Waals surface area contributed by atoms with Gasteiger partial charge in [0.15, 0.2) is 0 Å². The maximum absolute atomic E-state index is 13.7. The molecule has 8 heteroatoms. The van der Waals surface area contributed by atoms with E-state index in [0.29, 0.717) is 5.75 Å². The lowest BCUT2D eigenvalue weighted by atomic mass is 9.77. The molecule has 1 saturated carbocycles. The van der Waals surface area contributed by atoms with E-state index in [1.807, 2.05) is 57.2 Å². The highest BCUT2D eigenvalue weighted by Gasteiger charge is 2.46. The molecule has 0 bridgehead atoms. The molecular weight excluding hydrogens is 472 g/mol. The summed E-state index contributed by atoms with van der Waals surface area (Å²) >= 11 is 0. The summed E-state index contributed by atoms with van der Waals surface area (Å²) in [7, 11) is 0. The fraction of sp³-hybridized carbons (Fsp3) is 0.517. The normalized spacial score (nSPS) is 21.0. The highest BCUT2D eigenvalue weighted by Crippen LogP contribution is 2.35. The van der Waals surface area contributed by atoms with E-state index in [4.69, 9.17) is 9.47 Å². The number of esters is 1. The minimum absolute atomic E-state index is 0.0714. The zero-order valence-corrected chi connectivity index (χ0v) is 21.8. The van der Waals surface area contributed by atoms with Gasteiger partial charge in [0.2, 0.25) is 5.91 Å². The lowest BCUT2D eigenvalue weighted by Crippen LogP contribution is -2.47. The second-order valence-electron chi connectivity index (χ2n) is 11.1. The van der Waals surface area contributed by atoms with Crippen molar-refractivity contribution in [1.29, 1.82) is 0 Å². The van der Waals surface area contributed by atoms with Gasteiger partial charge in [-0.2, -0.15) is 0 Å². The number of benzene rings is 1. The molecule has 1 amide bonds. The molecule has 1 aromatic carbocycles. The predicted octanol–water partition coefficient (Wildman–Crippen LogP) is 4.72. The Kier molecular flexibility index (Phi) is 8.15. The number of aliphatic carboxylic acids is 1. The van der Waals surface area contributed by atoms with E-state index in [0.717, 1.165) is 36.9 Å². The quantitative estimate of drug-likeness (QED) is 0.514. The number of carboxylic acids is 1. The Balaban J connectivity index is 1.47. The van der Waals surface area contributed by atoms with Crippen molar-refractivity contribution in [3.8, 4) is 17.0 Å². The van der Waals surface area contributed by atoms with Crippen LogP contribution in [-0.2, 0) is 19.1 Å². The van der Waals surface area contributed by atoms with Crippen molar-refractivity contribution in [2.75, 3.05) is 6.54 Å². The summed E-state index contributed by atoms with van der Waals surface area (Å²) in [6.07, 6.45) is 4.95. The lowest BCUT2D eigenvalue weighted by molar-refractivity contribution is -0.157. The molecule has 8 nitrogen and oxygen atoms in total. The zero-order valence-electron chi connectivity index (χ0n) is 21.8. The van der Waals surface area contributed by atoms with Gasteiger partial charge in [0.25, 0.3) is 0 Å². The van der Waals surface area contributed by atoms with Gasteiger partial charge >= 0.3 is 11.9 Å². The predicted molar refractivity (Wildman–Crippen MR) is 138 cm³/mol. The Morgan fingerprint density at radius 2 is 1.78 bits per heavy atom. The summed E-state index contributed by atoms with van der Waals surface area (Å²) in [5.74, 6) is -1.98. The van der Waals surface area contributed by atoms with Crippen LogP contribution in [0.3, 0.4) is 0 Å². The van der Waals surface area contributed by atoms with E-state index in [1.54, 1.807) is 12.3 Å². The molecule has 3 atom stereocenters. The standard InChI is InChI=1S/C29H36N2O6/c1-29(2,3)23(17-26(32)37-20-11-7-8-12-20)27(33)31-18-22(16-25(31)28(34)35)36-21-13-14-30-24(15-21)19-9-5-4-6-10-19/h4-6,9-10,13-15,20,22-23,25H,7-8,11-12,16-18H2,1-3H3,(H,34,35)/t22-,23-,25+/m1/s1. The molecule has 1 saturated heterocycles. The second kappa shape index (κ2) is 11.3. The van der Waals surface area contributed by atoms with Gasteiger partial charge in [-0.15, -0.1) is 0 Å². The molecule has 4 rings (SSSR count). The minimum atomic E-state index is -1.08. The van der Waals surface area contributed by atoms with E-state index >= 15 is 0 Å². The number of amides is 1. The number of carbonyl (C=O) groups excluding carboxylic acids is 2. The Labute approximate surface area is 218 Å². The van der Waals surface area contributed by atoms with Crippen molar-refractivity contribution in [2.24, 2.45) is 11.3 Å². The average Bonchev–Trinajstić information content (AvgIpc) is 3.52. The van der Waals surface area contributed by atoms with Crippen LogP contribution in [0.2, 0.25) is 0 Å². The van der Waals surface area contributed by atoms with Crippen LogP contribution in [0.1, 0.15) is 59.3 Å². The number of nitrogens with zero attached hydrogens (tertiary/aromatic N) is 2. The van der Waals surface area contributed by atoms with Crippen molar-refractivity contribution in [3.05, 3.63) is 48.7 Å². The Morgan fingerprint density at radius 1 is 1.08 bits per heavy atom. The monoisotopic (exact) mass is 508 g/mol. The molecule has 1 N–H and O–H groups in total. The first-order chi connectivity index (χ1) is 17.6. The summed E-state index contributed by atoms with van der Waals surface area (Å²) < 4.78 is 11.8. The van der Waals surface area contributed by atoms with Gasteiger partial charge in [-0.05, 0) is 37.2 Å². The molecule has 2 aromatic rings. The lowest BCUT2D eigenvalue weighted by Gasteiger charge is -2.34. The fourth-order valence-corrected chi connectivity index (χ4v) is 5.18. The van der Waals surface area contributed by atoms with Crippen molar-refractivity contribution in [3.63, 3.8) is 0 Å². The number of hydrogen-bond donors (Lipinski definition) is 1. The minimum Gasteiger partial charge on any atom is -0.488 e. The van der Waals surface area contributed by atoms with E-state index in [-0.39, 0.29) is 31.4 Å².